The first-order valence-corrected chi connectivity index (χ1v) is 7.66. The third-order valence-corrected chi connectivity index (χ3v) is 4.26. The molecule has 0 bridgehead atoms. The van der Waals surface area contributed by atoms with Crippen LogP contribution >= 0.6 is 13.5 Å². The van der Waals surface area contributed by atoms with Crippen LogP contribution in [-0.2, 0) is 0 Å². The summed E-state index contributed by atoms with van der Waals surface area (Å²) in [5.41, 5.74) is 0. The molecular weight excluding hydrogens is 670 g/mol. The Bertz CT molecular complexity index is 798. The molecule has 238 valence electrons. The highest BCUT2D eigenvalue weighted by molar-refractivity contribution is 7.59. The van der Waals surface area contributed by atoms with Crippen LogP contribution in [0.15, 0.2) is 0 Å². The summed E-state index contributed by atoms with van der Waals surface area (Å²) < 4.78 is 332. The van der Waals surface area contributed by atoms with Gasteiger partial charge in [0.05, 0.1) is 0 Å². The predicted octanol–water partition coefficient (Wildman–Crippen LogP) is 8.58. The fourth-order valence-corrected chi connectivity index (χ4v) is 1.93. The number of rotatable bonds is 9. The Morgan fingerprint density at radius 3 is 0.308 bits per heavy atom. The molecule has 0 aromatic carbocycles. The van der Waals surface area contributed by atoms with E-state index in [0.29, 0.717) is 0 Å². The summed E-state index contributed by atoms with van der Waals surface area (Å²) in [6, 6.07) is 0. The molecule has 0 atom stereocenters. The van der Waals surface area contributed by atoms with Crippen molar-refractivity contribution in [1.82, 2.24) is 0 Å². The number of hydrogen-bond acceptors (Lipinski definition) is 0. The third kappa shape index (κ3) is 4.58. The smallest absolute Gasteiger partial charge is 0.197 e. The van der Waals surface area contributed by atoms with Crippen LogP contribution in [0, 0.1) is 0 Å². The highest BCUT2D eigenvalue weighted by Crippen LogP contribution is 2.67. The molecule has 0 fully saturated rings. The average molecular weight is 672 g/mol. The molecule has 0 saturated carbocycles. The van der Waals surface area contributed by atoms with Gasteiger partial charge in [-0.05, 0) is 0 Å². The van der Waals surface area contributed by atoms with E-state index >= 15 is 0 Å². The summed E-state index contributed by atoms with van der Waals surface area (Å²) in [5.74, 6) is -92.8. The summed E-state index contributed by atoms with van der Waals surface area (Å²) in [4.78, 5) is 0. The molecule has 0 radical (unpaired) electrons. The molecule has 0 aliphatic carbocycles. The van der Waals surface area contributed by atoms with Crippen LogP contribution in [0.2, 0.25) is 0 Å². The van der Waals surface area contributed by atoms with E-state index in [1.807, 2.05) is 0 Å². The summed E-state index contributed by atoms with van der Waals surface area (Å²) in [5, 5.41) is 0. The van der Waals surface area contributed by atoms with Gasteiger partial charge in [-0.15, -0.1) is 0 Å². The van der Waals surface area contributed by atoms with Crippen molar-refractivity contribution in [2.24, 2.45) is 0 Å². The minimum atomic E-state index is -9.65. The Balaban J connectivity index is 0. The van der Waals surface area contributed by atoms with E-state index in [4.69, 9.17) is 0 Å². The minimum Gasteiger partial charge on any atom is -0.197 e. The molecule has 0 heterocycles. The molecule has 0 aliphatic rings. The minimum absolute atomic E-state index is 0. The fraction of sp³-hybridized carbons (Fsp3) is 1.00. The molecule has 0 aromatic rings. The van der Waals surface area contributed by atoms with Crippen LogP contribution in [0.1, 0.15) is 0 Å². The lowest BCUT2D eigenvalue weighted by Gasteiger charge is -2.45. The van der Waals surface area contributed by atoms with Gasteiger partial charge in [-0.25, -0.2) is 0 Å². The average Bonchev–Trinajstić information content (AvgIpc) is 2.64. The van der Waals surface area contributed by atoms with Crippen LogP contribution < -0.4 is 0 Å². The highest BCUT2D eigenvalue weighted by Gasteiger charge is 2.99. The van der Waals surface area contributed by atoms with E-state index < -0.39 is 71.6 Å². The zero-order valence-corrected chi connectivity index (χ0v) is 17.3. The van der Waals surface area contributed by atoms with Crippen molar-refractivity contribution in [3.63, 3.8) is 0 Å². The van der Waals surface area contributed by atoms with Gasteiger partial charge in [0, 0.05) is 0 Å². The lowest BCUT2D eigenvalue weighted by Crippen LogP contribution is -2.78. The van der Waals surface area contributed by atoms with E-state index in [-0.39, 0.29) is 13.5 Å². The molecule has 0 rings (SSSR count). The number of halogens is 26. The Morgan fingerprint density at radius 2 is 0.231 bits per heavy atom. The van der Waals surface area contributed by atoms with Gasteiger partial charge in [-0.3, -0.25) is 0 Å². The van der Waals surface area contributed by atoms with Crippen LogP contribution in [0.25, 0.3) is 0 Å². The maximum atomic E-state index is 13.3. The Labute approximate surface area is 200 Å². The summed E-state index contributed by atoms with van der Waals surface area (Å²) in [7, 11) is 0. The van der Waals surface area contributed by atoms with Gasteiger partial charge in [0.15, 0.2) is 0 Å². The standard InChI is InChI=1S/C12F26.H2S/c13-1(14,3(17,18)5(21,22)7(25,26)9(29,30)11(33,34)35)2(15,16)4(19,20)6(23,24)8(27,28)10(31,32)12(36,37)38;/h;1H2. The highest BCUT2D eigenvalue weighted by atomic mass is 32.1. The molecular formula is C12H2F26S. The van der Waals surface area contributed by atoms with Gasteiger partial charge in [0.2, 0.25) is 0 Å². The molecule has 0 spiro atoms. The van der Waals surface area contributed by atoms with Crippen LogP contribution in [0.4, 0.5) is 114 Å². The SMILES string of the molecule is FC(F)(F)C(F)(F)C(F)(F)C(F)(F)C(F)(F)C(F)(F)C(F)(F)C(F)(F)C(F)(F)C(F)(F)C(F)(F)C(F)(F)F.S. The maximum absolute atomic E-state index is 13.3. The quantitative estimate of drug-likeness (QED) is 0.216. The van der Waals surface area contributed by atoms with Crippen molar-refractivity contribution in [3.8, 4) is 0 Å². The van der Waals surface area contributed by atoms with Gasteiger partial charge in [0.1, 0.15) is 0 Å². The second-order valence-corrected chi connectivity index (χ2v) is 6.74. The van der Waals surface area contributed by atoms with E-state index in [1.54, 1.807) is 0 Å². The van der Waals surface area contributed by atoms with Crippen molar-refractivity contribution in [1.29, 1.82) is 0 Å². The zero-order chi connectivity index (χ0) is 32.0. The van der Waals surface area contributed by atoms with Crippen molar-refractivity contribution in [2.45, 2.75) is 71.6 Å². The van der Waals surface area contributed by atoms with Gasteiger partial charge >= 0.3 is 71.6 Å². The molecule has 0 nitrogen and oxygen atoms in total. The number of hydrogen-bond donors (Lipinski definition) is 0. The monoisotopic (exact) mass is 672 g/mol. The predicted molar refractivity (Wildman–Crippen MR) is 72.0 cm³/mol. The molecule has 0 aliphatic heterocycles. The second-order valence-electron chi connectivity index (χ2n) is 6.74. The van der Waals surface area contributed by atoms with Crippen LogP contribution in [0.5, 0.6) is 0 Å². The molecule has 0 aromatic heterocycles. The maximum Gasteiger partial charge on any atom is 0.460 e. The Kier molecular flexibility index (Phi) is 9.43. The molecule has 0 N–H and O–H groups in total. The van der Waals surface area contributed by atoms with Gasteiger partial charge in [-0.2, -0.15) is 128 Å². The summed E-state index contributed by atoms with van der Waals surface area (Å²) in [6.45, 7) is 0. The molecule has 0 saturated heterocycles. The normalized spacial score (nSPS) is 16.8. The van der Waals surface area contributed by atoms with Crippen molar-refractivity contribution in [2.75, 3.05) is 0 Å². The van der Waals surface area contributed by atoms with Gasteiger partial charge < -0.3 is 0 Å². The lowest BCUT2D eigenvalue weighted by atomic mass is 9.85. The first-order valence-electron chi connectivity index (χ1n) is 7.66. The van der Waals surface area contributed by atoms with E-state index in [9.17, 15) is 114 Å². The molecule has 27 heteroatoms. The molecule has 0 amide bonds. The largest absolute Gasteiger partial charge is 0.460 e. The van der Waals surface area contributed by atoms with E-state index in [2.05, 4.69) is 0 Å². The second kappa shape index (κ2) is 9.27. The van der Waals surface area contributed by atoms with Crippen LogP contribution in [0.3, 0.4) is 0 Å². The first-order chi connectivity index (χ1) is 15.8. The Hall–Kier alpha value is -1.47. The van der Waals surface area contributed by atoms with E-state index in [1.165, 1.54) is 0 Å². The lowest BCUT2D eigenvalue weighted by molar-refractivity contribution is -0.484. The van der Waals surface area contributed by atoms with Gasteiger partial charge in [0.25, 0.3) is 0 Å². The van der Waals surface area contributed by atoms with Crippen molar-refractivity contribution in [3.05, 3.63) is 0 Å². The topological polar surface area (TPSA) is 0 Å². The van der Waals surface area contributed by atoms with Crippen LogP contribution in [-0.4, -0.2) is 71.6 Å². The summed E-state index contributed by atoms with van der Waals surface area (Å²) in [6.07, 6.45) is -16.4. The summed E-state index contributed by atoms with van der Waals surface area (Å²) >= 11 is 0. The number of alkyl halides is 26. The Morgan fingerprint density at radius 1 is 0.154 bits per heavy atom. The molecule has 39 heavy (non-hydrogen) atoms. The van der Waals surface area contributed by atoms with E-state index in [0.717, 1.165) is 0 Å². The van der Waals surface area contributed by atoms with Crippen molar-refractivity contribution < 1.29 is 114 Å². The molecule has 0 unspecified atom stereocenters. The fourth-order valence-electron chi connectivity index (χ4n) is 1.93. The van der Waals surface area contributed by atoms with Gasteiger partial charge in [-0.1, -0.05) is 0 Å². The van der Waals surface area contributed by atoms with Crippen molar-refractivity contribution >= 4 is 13.5 Å². The first kappa shape index (κ1) is 39.7. The zero-order valence-electron chi connectivity index (χ0n) is 16.3. The third-order valence-electron chi connectivity index (χ3n) is 4.26.